The van der Waals surface area contributed by atoms with Gasteiger partial charge in [0.25, 0.3) is 0 Å². The number of carboxylic acids is 1. The summed E-state index contributed by atoms with van der Waals surface area (Å²) in [5.74, 6) is -1.38. The van der Waals surface area contributed by atoms with Crippen molar-refractivity contribution in [3.8, 4) is 5.75 Å². The maximum atomic E-state index is 13.8. The second-order valence-electron chi connectivity index (χ2n) is 5.47. The van der Waals surface area contributed by atoms with Crippen LogP contribution in [0, 0.1) is 5.82 Å². The Morgan fingerprint density at radius 2 is 2.00 bits per heavy atom. The minimum Gasteiger partial charge on any atom is -0.494 e. The highest BCUT2D eigenvalue weighted by Gasteiger charge is 2.41. The summed E-state index contributed by atoms with van der Waals surface area (Å²) in [5, 5.41) is 9.07. The molecule has 0 aliphatic heterocycles. The summed E-state index contributed by atoms with van der Waals surface area (Å²) < 4.78 is 18.6. The summed E-state index contributed by atoms with van der Waals surface area (Å²) in [4.78, 5) is 11.1. The molecule has 1 rings (SSSR count). The highest BCUT2D eigenvalue weighted by Crippen LogP contribution is 2.38. The lowest BCUT2D eigenvalue weighted by molar-refractivity contribution is -0.139. The fourth-order valence-electron chi connectivity index (χ4n) is 2.01. The monoisotopic (exact) mass is 269 g/mol. The molecule has 3 N–H and O–H groups in total. The zero-order valence-corrected chi connectivity index (χ0v) is 11.7. The predicted octanol–water partition coefficient (Wildman–Crippen LogP) is 2.30. The third-order valence-electron chi connectivity index (χ3n) is 3.72. The van der Waals surface area contributed by atoms with Crippen LogP contribution in [-0.2, 0) is 10.2 Å². The largest absolute Gasteiger partial charge is 0.494 e. The van der Waals surface area contributed by atoms with E-state index in [1.165, 1.54) is 19.2 Å². The van der Waals surface area contributed by atoms with Crippen LogP contribution in [0.2, 0.25) is 0 Å². The van der Waals surface area contributed by atoms with Crippen LogP contribution in [0.25, 0.3) is 0 Å². The molecule has 1 aromatic carbocycles. The van der Waals surface area contributed by atoms with Gasteiger partial charge in [-0.3, -0.25) is 4.79 Å². The molecule has 0 bridgehead atoms. The molecule has 1 atom stereocenters. The van der Waals surface area contributed by atoms with E-state index in [0.717, 1.165) is 0 Å². The van der Waals surface area contributed by atoms with Gasteiger partial charge in [0, 0.05) is 11.0 Å². The summed E-state index contributed by atoms with van der Waals surface area (Å²) in [6.45, 7) is 5.19. The van der Waals surface area contributed by atoms with Gasteiger partial charge in [0.1, 0.15) is 0 Å². The van der Waals surface area contributed by atoms with Gasteiger partial charge < -0.3 is 15.6 Å². The number of methoxy groups -OCH3 is 1. The Morgan fingerprint density at radius 1 is 1.42 bits per heavy atom. The van der Waals surface area contributed by atoms with E-state index in [2.05, 4.69) is 0 Å². The topological polar surface area (TPSA) is 72.5 Å². The van der Waals surface area contributed by atoms with Crippen LogP contribution in [0.4, 0.5) is 4.39 Å². The maximum absolute atomic E-state index is 13.8. The van der Waals surface area contributed by atoms with Crippen molar-refractivity contribution in [2.45, 2.75) is 38.1 Å². The van der Waals surface area contributed by atoms with Crippen molar-refractivity contribution in [1.82, 2.24) is 0 Å². The second kappa shape index (κ2) is 5.17. The molecule has 1 unspecified atom stereocenters. The lowest BCUT2D eigenvalue weighted by atomic mass is 9.66. The molecule has 1 aromatic rings. The number of aliphatic carboxylic acids is 1. The van der Waals surface area contributed by atoms with Crippen LogP contribution in [0.3, 0.4) is 0 Å². The molecular formula is C14H20FNO3. The van der Waals surface area contributed by atoms with Gasteiger partial charge in [0.05, 0.1) is 13.5 Å². The van der Waals surface area contributed by atoms with E-state index in [1.54, 1.807) is 26.8 Å². The van der Waals surface area contributed by atoms with E-state index in [1.807, 2.05) is 0 Å². The minimum atomic E-state index is -0.975. The first-order valence-corrected chi connectivity index (χ1v) is 5.96. The standard InChI is InChI=1S/C14H20FNO3/c1-13(2,16)14(3,8-12(17)18)9-5-6-11(19-4)10(15)7-9/h5-7H,8,16H2,1-4H3,(H,17,18). The van der Waals surface area contributed by atoms with E-state index in [4.69, 9.17) is 15.6 Å². The van der Waals surface area contributed by atoms with Crippen LogP contribution < -0.4 is 10.5 Å². The predicted molar refractivity (Wildman–Crippen MR) is 70.8 cm³/mol. The Balaban J connectivity index is 3.34. The molecule has 0 saturated carbocycles. The summed E-state index contributed by atoms with van der Waals surface area (Å²) in [5.41, 5.74) is 4.94. The van der Waals surface area contributed by atoms with E-state index >= 15 is 0 Å². The van der Waals surface area contributed by atoms with E-state index in [9.17, 15) is 9.18 Å². The van der Waals surface area contributed by atoms with E-state index in [-0.39, 0.29) is 12.2 Å². The van der Waals surface area contributed by atoms with Gasteiger partial charge in [-0.2, -0.15) is 0 Å². The second-order valence-corrected chi connectivity index (χ2v) is 5.47. The first-order chi connectivity index (χ1) is 8.61. The Morgan fingerprint density at radius 3 is 2.37 bits per heavy atom. The van der Waals surface area contributed by atoms with Gasteiger partial charge in [-0.05, 0) is 31.5 Å². The minimum absolute atomic E-state index is 0.122. The highest BCUT2D eigenvalue weighted by molar-refractivity contribution is 5.69. The van der Waals surface area contributed by atoms with Crippen molar-refractivity contribution in [2.75, 3.05) is 7.11 Å². The van der Waals surface area contributed by atoms with Crippen molar-refractivity contribution in [3.63, 3.8) is 0 Å². The molecular weight excluding hydrogens is 249 g/mol. The molecule has 4 nitrogen and oxygen atoms in total. The third-order valence-corrected chi connectivity index (χ3v) is 3.72. The zero-order valence-electron chi connectivity index (χ0n) is 11.7. The number of benzene rings is 1. The quantitative estimate of drug-likeness (QED) is 0.860. The SMILES string of the molecule is COc1ccc(C(C)(CC(=O)O)C(C)(C)N)cc1F. The summed E-state index contributed by atoms with van der Waals surface area (Å²) in [6, 6.07) is 4.42. The molecule has 0 amide bonds. The van der Waals surface area contributed by atoms with Gasteiger partial charge >= 0.3 is 5.97 Å². The Hall–Kier alpha value is -1.62. The number of rotatable bonds is 5. The molecule has 0 spiro atoms. The molecule has 106 valence electrons. The normalized spacial score (nSPS) is 14.8. The number of ether oxygens (including phenoxy) is 1. The fourth-order valence-corrected chi connectivity index (χ4v) is 2.01. The first kappa shape index (κ1) is 15.4. The lowest BCUT2D eigenvalue weighted by Crippen LogP contribution is -2.53. The maximum Gasteiger partial charge on any atom is 0.304 e. The van der Waals surface area contributed by atoms with Crippen molar-refractivity contribution < 1.29 is 19.0 Å². The van der Waals surface area contributed by atoms with Crippen molar-refractivity contribution in [1.29, 1.82) is 0 Å². The Kier molecular flexibility index (Phi) is 4.20. The zero-order chi connectivity index (χ0) is 14.8. The van der Waals surface area contributed by atoms with E-state index in [0.29, 0.717) is 5.56 Å². The molecule has 19 heavy (non-hydrogen) atoms. The van der Waals surface area contributed by atoms with Crippen LogP contribution in [0.1, 0.15) is 32.8 Å². The molecule has 0 fully saturated rings. The molecule has 5 heteroatoms. The Bertz CT molecular complexity index is 482. The molecule has 0 aliphatic carbocycles. The summed E-state index contributed by atoms with van der Waals surface area (Å²) in [6.07, 6.45) is -0.178. The van der Waals surface area contributed by atoms with Gasteiger partial charge in [-0.25, -0.2) is 4.39 Å². The molecule has 0 aliphatic rings. The number of halogens is 1. The van der Waals surface area contributed by atoms with Crippen LogP contribution >= 0.6 is 0 Å². The van der Waals surface area contributed by atoms with Gasteiger partial charge in [0.15, 0.2) is 11.6 Å². The van der Waals surface area contributed by atoms with Crippen molar-refractivity contribution in [2.24, 2.45) is 5.73 Å². The number of nitrogens with two attached hydrogens (primary N) is 1. The molecule has 0 radical (unpaired) electrons. The van der Waals surface area contributed by atoms with Crippen molar-refractivity contribution in [3.05, 3.63) is 29.6 Å². The van der Waals surface area contributed by atoms with Crippen LogP contribution in [-0.4, -0.2) is 23.7 Å². The first-order valence-electron chi connectivity index (χ1n) is 5.96. The lowest BCUT2D eigenvalue weighted by Gasteiger charge is -2.41. The van der Waals surface area contributed by atoms with Crippen LogP contribution in [0.5, 0.6) is 5.75 Å². The fraction of sp³-hybridized carbons (Fsp3) is 0.500. The third kappa shape index (κ3) is 3.04. The highest BCUT2D eigenvalue weighted by atomic mass is 19.1. The number of hydrogen-bond acceptors (Lipinski definition) is 3. The molecule has 0 saturated heterocycles. The smallest absolute Gasteiger partial charge is 0.304 e. The van der Waals surface area contributed by atoms with Crippen molar-refractivity contribution >= 4 is 5.97 Å². The molecule has 0 aromatic heterocycles. The molecule has 0 heterocycles. The number of carboxylic acid groups (broad SMARTS) is 1. The van der Waals surface area contributed by atoms with E-state index < -0.39 is 22.7 Å². The summed E-state index contributed by atoms with van der Waals surface area (Å²) >= 11 is 0. The van der Waals surface area contributed by atoms with Gasteiger partial charge in [-0.1, -0.05) is 13.0 Å². The Labute approximate surface area is 112 Å². The van der Waals surface area contributed by atoms with Gasteiger partial charge in [0.2, 0.25) is 0 Å². The van der Waals surface area contributed by atoms with Gasteiger partial charge in [-0.15, -0.1) is 0 Å². The average molecular weight is 269 g/mol. The number of hydrogen-bond donors (Lipinski definition) is 2. The number of carbonyl (C=O) groups is 1. The average Bonchev–Trinajstić information content (AvgIpc) is 2.26. The summed E-state index contributed by atoms with van der Waals surface area (Å²) in [7, 11) is 1.38. The van der Waals surface area contributed by atoms with Crippen LogP contribution in [0.15, 0.2) is 18.2 Å².